The maximum absolute atomic E-state index is 10.4. The molecule has 5 nitrogen and oxygen atoms in total. The van der Waals surface area contributed by atoms with E-state index in [2.05, 4.69) is 24.1 Å². The number of aliphatic hydroxyl groups is 1. The number of aliphatic imine (C=N–C) groups is 1. The fraction of sp³-hybridized carbons (Fsp3) is 0.955. The molecule has 0 aromatic carbocycles. The van der Waals surface area contributed by atoms with Gasteiger partial charge in [0.2, 0.25) is 0 Å². The molecular formula is C22H41N3O2. The molecule has 2 aliphatic carbocycles. The smallest absolute Gasteiger partial charge is 0.193 e. The van der Waals surface area contributed by atoms with Gasteiger partial charge in [-0.15, -0.1) is 0 Å². The van der Waals surface area contributed by atoms with Crippen LogP contribution in [0.4, 0.5) is 0 Å². The van der Waals surface area contributed by atoms with Crippen molar-refractivity contribution < 1.29 is 9.84 Å². The number of rotatable bonds is 6. The van der Waals surface area contributed by atoms with E-state index in [0.29, 0.717) is 12.6 Å². The largest absolute Gasteiger partial charge is 0.392 e. The summed E-state index contributed by atoms with van der Waals surface area (Å²) in [7, 11) is 0. The molecular weight excluding hydrogens is 338 g/mol. The molecule has 156 valence electrons. The van der Waals surface area contributed by atoms with Crippen molar-refractivity contribution in [2.24, 2.45) is 16.3 Å². The van der Waals surface area contributed by atoms with Crippen molar-refractivity contribution in [1.82, 2.24) is 10.2 Å². The van der Waals surface area contributed by atoms with E-state index >= 15 is 0 Å². The molecule has 1 aliphatic heterocycles. The van der Waals surface area contributed by atoms with Crippen LogP contribution < -0.4 is 5.32 Å². The highest BCUT2D eigenvalue weighted by Gasteiger charge is 2.35. The summed E-state index contributed by atoms with van der Waals surface area (Å²) in [5.74, 6) is 1.83. The van der Waals surface area contributed by atoms with Crippen molar-refractivity contribution in [1.29, 1.82) is 0 Å². The monoisotopic (exact) mass is 379 g/mol. The first-order valence-corrected chi connectivity index (χ1v) is 11.4. The second kappa shape index (κ2) is 10.1. The predicted octanol–water partition coefficient (Wildman–Crippen LogP) is 3.56. The zero-order valence-corrected chi connectivity index (χ0v) is 17.6. The number of nitrogens with one attached hydrogen (secondary N) is 1. The maximum atomic E-state index is 10.4. The van der Waals surface area contributed by atoms with Gasteiger partial charge in [-0.25, -0.2) is 0 Å². The quantitative estimate of drug-likeness (QED) is 0.547. The Hall–Kier alpha value is -0.810. The highest BCUT2D eigenvalue weighted by Crippen LogP contribution is 2.36. The van der Waals surface area contributed by atoms with Gasteiger partial charge in [-0.05, 0) is 51.4 Å². The molecule has 0 bridgehead atoms. The number of hydrogen-bond acceptors (Lipinski definition) is 3. The van der Waals surface area contributed by atoms with Crippen molar-refractivity contribution in [3.63, 3.8) is 0 Å². The van der Waals surface area contributed by atoms with Crippen molar-refractivity contribution in [3.05, 3.63) is 0 Å². The third kappa shape index (κ3) is 5.83. The van der Waals surface area contributed by atoms with E-state index in [1.807, 2.05) is 0 Å². The van der Waals surface area contributed by atoms with Gasteiger partial charge in [0.1, 0.15) is 0 Å². The van der Waals surface area contributed by atoms with Crippen molar-refractivity contribution in [3.8, 4) is 0 Å². The number of likely N-dealkylation sites (tertiary alicyclic amines) is 1. The Kier molecular flexibility index (Phi) is 7.83. The van der Waals surface area contributed by atoms with E-state index in [-0.39, 0.29) is 11.5 Å². The molecule has 0 aromatic heterocycles. The van der Waals surface area contributed by atoms with Gasteiger partial charge >= 0.3 is 0 Å². The minimum Gasteiger partial charge on any atom is -0.392 e. The summed E-state index contributed by atoms with van der Waals surface area (Å²) in [6, 6.07) is 0. The number of hydrogen-bond donors (Lipinski definition) is 2. The highest BCUT2D eigenvalue weighted by molar-refractivity contribution is 5.80. The first-order valence-electron chi connectivity index (χ1n) is 11.4. The molecule has 2 unspecified atom stereocenters. The molecule has 1 heterocycles. The van der Waals surface area contributed by atoms with E-state index in [0.717, 1.165) is 70.2 Å². The Balaban J connectivity index is 1.48. The zero-order chi connectivity index (χ0) is 19.1. The summed E-state index contributed by atoms with van der Waals surface area (Å²) in [6.07, 6.45) is 12.3. The van der Waals surface area contributed by atoms with E-state index in [4.69, 9.17) is 9.73 Å². The van der Waals surface area contributed by atoms with E-state index in [1.165, 1.54) is 32.1 Å². The van der Waals surface area contributed by atoms with Gasteiger partial charge in [0.05, 0.1) is 18.8 Å². The van der Waals surface area contributed by atoms with E-state index in [9.17, 15) is 5.11 Å². The molecule has 3 aliphatic rings. The minimum absolute atomic E-state index is 0.0678. The minimum atomic E-state index is -0.215. The van der Waals surface area contributed by atoms with Crippen LogP contribution in [0.15, 0.2) is 4.99 Å². The summed E-state index contributed by atoms with van der Waals surface area (Å²) < 4.78 is 6.22. The number of aliphatic hydroxyl groups excluding tert-OH is 1. The summed E-state index contributed by atoms with van der Waals surface area (Å²) in [5, 5.41) is 13.9. The topological polar surface area (TPSA) is 57.1 Å². The highest BCUT2D eigenvalue weighted by atomic mass is 16.5. The Morgan fingerprint density at radius 3 is 2.48 bits per heavy atom. The summed E-state index contributed by atoms with van der Waals surface area (Å²) in [6.45, 7) is 8.93. The second-order valence-corrected chi connectivity index (χ2v) is 9.26. The molecule has 3 fully saturated rings. The van der Waals surface area contributed by atoms with Gasteiger partial charge in [-0.1, -0.05) is 32.6 Å². The molecule has 3 rings (SSSR count). The van der Waals surface area contributed by atoms with Crippen LogP contribution >= 0.6 is 0 Å². The van der Waals surface area contributed by atoms with E-state index < -0.39 is 0 Å². The van der Waals surface area contributed by atoms with Crippen LogP contribution in [-0.2, 0) is 4.74 Å². The van der Waals surface area contributed by atoms with Gasteiger partial charge in [0, 0.05) is 31.7 Å². The standard InChI is InChI=1S/C22H41N3O2/c1-3-23-21(24-17-22(2)13-7-6-10-20(22)26)25-14-11-19(12-15-25)27-16-18-8-4-5-9-18/h18-20,26H,3-17H2,1-2H3,(H,23,24). The third-order valence-electron chi connectivity index (χ3n) is 6.99. The molecule has 0 aromatic rings. The van der Waals surface area contributed by atoms with Crippen LogP contribution in [0.25, 0.3) is 0 Å². The molecule has 2 atom stereocenters. The first-order chi connectivity index (χ1) is 13.1. The maximum Gasteiger partial charge on any atom is 0.193 e. The zero-order valence-electron chi connectivity index (χ0n) is 17.6. The normalized spacial score (nSPS) is 31.4. The Morgan fingerprint density at radius 2 is 1.81 bits per heavy atom. The van der Waals surface area contributed by atoms with Crippen LogP contribution in [-0.4, -0.2) is 61.0 Å². The second-order valence-electron chi connectivity index (χ2n) is 9.26. The Labute approximate surface area is 165 Å². The lowest BCUT2D eigenvalue weighted by molar-refractivity contribution is 0.000187. The molecule has 27 heavy (non-hydrogen) atoms. The predicted molar refractivity (Wildman–Crippen MR) is 111 cm³/mol. The molecule has 1 saturated heterocycles. The molecule has 0 amide bonds. The average molecular weight is 380 g/mol. The first kappa shape index (κ1) is 20.9. The summed E-state index contributed by atoms with van der Waals surface area (Å²) in [4.78, 5) is 7.33. The Bertz CT molecular complexity index is 470. The van der Waals surface area contributed by atoms with Gasteiger partial charge in [0.25, 0.3) is 0 Å². The summed E-state index contributed by atoms with van der Waals surface area (Å²) in [5.41, 5.74) is -0.0678. The van der Waals surface area contributed by atoms with Crippen LogP contribution in [0.3, 0.4) is 0 Å². The summed E-state index contributed by atoms with van der Waals surface area (Å²) >= 11 is 0. The van der Waals surface area contributed by atoms with Crippen molar-refractivity contribution >= 4 is 5.96 Å². The lowest BCUT2D eigenvalue weighted by Gasteiger charge is -2.38. The lowest BCUT2D eigenvalue weighted by atomic mass is 9.73. The van der Waals surface area contributed by atoms with Crippen molar-refractivity contribution in [2.75, 3.05) is 32.8 Å². The molecule has 5 heteroatoms. The third-order valence-corrected chi connectivity index (χ3v) is 6.99. The van der Waals surface area contributed by atoms with Gasteiger partial charge in [-0.2, -0.15) is 0 Å². The van der Waals surface area contributed by atoms with Crippen LogP contribution in [0, 0.1) is 11.3 Å². The Morgan fingerprint density at radius 1 is 1.11 bits per heavy atom. The molecule has 2 N–H and O–H groups in total. The van der Waals surface area contributed by atoms with Crippen LogP contribution in [0.5, 0.6) is 0 Å². The van der Waals surface area contributed by atoms with Gasteiger partial charge in [-0.3, -0.25) is 4.99 Å². The number of nitrogens with zero attached hydrogens (tertiary/aromatic N) is 2. The van der Waals surface area contributed by atoms with Crippen molar-refractivity contribution in [2.45, 2.75) is 90.3 Å². The van der Waals surface area contributed by atoms with Crippen LogP contribution in [0.2, 0.25) is 0 Å². The van der Waals surface area contributed by atoms with Crippen LogP contribution in [0.1, 0.15) is 78.1 Å². The molecule has 0 radical (unpaired) electrons. The van der Waals surface area contributed by atoms with E-state index in [1.54, 1.807) is 0 Å². The average Bonchev–Trinajstić information content (AvgIpc) is 3.20. The van der Waals surface area contributed by atoms with Gasteiger partial charge < -0.3 is 20.1 Å². The lowest BCUT2D eigenvalue weighted by Crippen LogP contribution is -2.48. The molecule has 0 spiro atoms. The number of ether oxygens (including phenoxy) is 1. The SMILES string of the molecule is CCNC(=NCC1(C)CCCCC1O)N1CCC(OCC2CCCC2)CC1. The molecule has 2 saturated carbocycles. The fourth-order valence-corrected chi connectivity index (χ4v) is 4.93. The number of guanidine groups is 1. The number of piperidine rings is 1. The fourth-order valence-electron chi connectivity index (χ4n) is 4.93. The van der Waals surface area contributed by atoms with Gasteiger partial charge in [0.15, 0.2) is 5.96 Å².